The molecule has 0 heterocycles. The van der Waals surface area contributed by atoms with Crippen LogP contribution in [-0.4, -0.2) is 8.42 Å². The first kappa shape index (κ1) is 14.0. The quantitative estimate of drug-likeness (QED) is 0.879. The largest absolute Gasteiger partial charge is 0.398 e. The van der Waals surface area contributed by atoms with Crippen molar-refractivity contribution >= 4 is 15.5 Å². The number of anilines is 1. The topological polar surface area (TPSA) is 84.0 Å². The number of benzene rings is 2. The summed E-state index contributed by atoms with van der Waals surface area (Å²) in [6.07, 6.45) is 0. The minimum absolute atomic E-state index is 0.0131. The van der Waals surface area contributed by atoms with Crippen LogP contribution in [0.4, 0.5) is 10.1 Å². The molecule has 0 aromatic heterocycles. The minimum atomic E-state index is -3.82. The molecule has 2 aromatic carbocycles. The van der Waals surface area contributed by atoms with Gasteiger partial charge in [0.25, 0.3) is 0 Å². The third-order valence-corrected chi connectivity index (χ3v) is 4.51. The fourth-order valence-corrected chi connectivity index (χ4v) is 3.35. The second kappa shape index (κ2) is 5.31. The second-order valence-corrected chi connectivity index (χ2v) is 6.17. The summed E-state index contributed by atoms with van der Waals surface area (Å²) >= 11 is 0. The van der Waals surface area contributed by atoms with E-state index in [1.807, 2.05) is 6.07 Å². The van der Waals surface area contributed by atoms with Crippen LogP contribution in [0.25, 0.3) is 0 Å². The Labute approximate surface area is 116 Å². The Morgan fingerprint density at radius 3 is 2.60 bits per heavy atom. The van der Waals surface area contributed by atoms with Gasteiger partial charge >= 0.3 is 0 Å². The van der Waals surface area contributed by atoms with Gasteiger partial charge in [0.05, 0.1) is 28.0 Å². The third kappa shape index (κ3) is 2.78. The Morgan fingerprint density at radius 2 is 1.90 bits per heavy atom. The van der Waals surface area contributed by atoms with Crippen molar-refractivity contribution in [2.45, 2.75) is 10.6 Å². The lowest BCUT2D eigenvalue weighted by molar-refractivity contribution is 0.590. The Kier molecular flexibility index (Phi) is 3.72. The number of sulfone groups is 1. The number of nitrogen functional groups attached to an aromatic ring is 1. The molecule has 0 atom stereocenters. The number of nitrogens with two attached hydrogens (primary N) is 1. The average Bonchev–Trinajstić information content (AvgIpc) is 2.41. The van der Waals surface area contributed by atoms with Crippen molar-refractivity contribution in [1.82, 2.24) is 0 Å². The SMILES string of the molecule is N#Cc1ccccc1CS(=O)(=O)c1cc(F)ccc1N. The molecule has 0 bridgehead atoms. The molecule has 2 aromatic rings. The summed E-state index contributed by atoms with van der Waals surface area (Å²) in [7, 11) is -3.82. The molecule has 6 heteroatoms. The number of hydrogen-bond acceptors (Lipinski definition) is 4. The van der Waals surface area contributed by atoms with E-state index in [0.717, 1.165) is 12.1 Å². The van der Waals surface area contributed by atoms with Gasteiger partial charge in [-0.1, -0.05) is 18.2 Å². The lowest BCUT2D eigenvalue weighted by atomic mass is 10.1. The Hall–Kier alpha value is -2.39. The molecule has 0 unspecified atom stereocenters. The maximum Gasteiger partial charge on any atom is 0.184 e. The summed E-state index contributed by atoms with van der Waals surface area (Å²) in [5.41, 5.74) is 6.21. The second-order valence-electron chi connectivity index (χ2n) is 4.21. The molecule has 2 N–H and O–H groups in total. The van der Waals surface area contributed by atoms with Gasteiger partial charge in [-0.25, -0.2) is 12.8 Å². The van der Waals surface area contributed by atoms with Crippen LogP contribution in [0.3, 0.4) is 0 Å². The minimum Gasteiger partial charge on any atom is -0.398 e. The highest BCUT2D eigenvalue weighted by Crippen LogP contribution is 2.24. The van der Waals surface area contributed by atoms with Gasteiger partial charge < -0.3 is 5.73 Å². The Bertz CT molecular complexity index is 795. The maximum atomic E-state index is 13.2. The number of rotatable bonds is 3. The van der Waals surface area contributed by atoms with E-state index in [1.54, 1.807) is 18.2 Å². The predicted molar refractivity (Wildman–Crippen MR) is 72.9 cm³/mol. The van der Waals surface area contributed by atoms with E-state index in [2.05, 4.69) is 0 Å². The molecule has 0 aliphatic carbocycles. The molecule has 0 spiro atoms. The molecule has 0 saturated heterocycles. The van der Waals surface area contributed by atoms with Crippen LogP contribution < -0.4 is 5.73 Å². The number of halogens is 1. The van der Waals surface area contributed by atoms with Crippen molar-refractivity contribution < 1.29 is 12.8 Å². The van der Waals surface area contributed by atoms with Crippen LogP contribution in [0, 0.1) is 17.1 Å². The fourth-order valence-electron chi connectivity index (χ4n) is 1.82. The monoisotopic (exact) mass is 290 g/mol. The van der Waals surface area contributed by atoms with Crippen LogP contribution in [0.5, 0.6) is 0 Å². The van der Waals surface area contributed by atoms with E-state index >= 15 is 0 Å². The van der Waals surface area contributed by atoms with Gasteiger partial charge in [-0.05, 0) is 29.8 Å². The summed E-state index contributed by atoms with van der Waals surface area (Å²) in [5.74, 6) is -1.07. The van der Waals surface area contributed by atoms with Crippen molar-refractivity contribution in [3.8, 4) is 6.07 Å². The summed E-state index contributed by atoms with van der Waals surface area (Å²) in [6.45, 7) is 0. The molecular weight excluding hydrogens is 279 g/mol. The molecule has 2 rings (SSSR count). The smallest absolute Gasteiger partial charge is 0.184 e. The molecule has 20 heavy (non-hydrogen) atoms. The first-order chi connectivity index (χ1) is 9.44. The fraction of sp³-hybridized carbons (Fsp3) is 0.0714. The zero-order chi connectivity index (χ0) is 14.8. The van der Waals surface area contributed by atoms with E-state index in [9.17, 15) is 12.8 Å². The van der Waals surface area contributed by atoms with Gasteiger partial charge in [-0.2, -0.15) is 5.26 Å². The summed E-state index contributed by atoms with van der Waals surface area (Å²) in [6, 6.07) is 11.5. The summed E-state index contributed by atoms with van der Waals surface area (Å²) in [5, 5.41) is 8.96. The molecule has 0 amide bonds. The lowest BCUT2D eigenvalue weighted by Gasteiger charge is -2.08. The highest BCUT2D eigenvalue weighted by Gasteiger charge is 2.20. The van der Waals surface area contributed by atoms with Crippen molar-refractivity contribution in [2.24, 2.45) is 0 Å². The van der Waals surface area contributed by atoms with Crippen LogP contribution in [0.1, 0.15) is 11.1 Å². The van der Waals surface area contributed by atoms with Gasteiger partial charge in [0, 0.05) is 0 Å². The highest BCUT2D eigenvalue weighted by molar-refractivity contribution is 7.90. The molecule has 4 nitrogen and oxygen atoms in total. The number of nitrogens with zero attached hydrogens (tertiary/aromatic N) is 1. The van der Waals surface area contributed by atoms with Crippen LogP contribution >= 0.6 is 0 Å². The molecule has 0 aliphatic heterocycles. The molecule has 0 aliphatic rings. The average molecular weight is 290 g/mol. The Balaban J connectivity index is 2.47. The van der Waals surface area contributed by atoms with E-state index in [-0.39, 0.29) is 16.1 Å². The number of hydrogen-bond donors (Lipinski definition) is 1. The van der Waals surface area contributed by atoms with Crippen molar-refractivity contribution in [3.63, 3.8) is 0 Å². The molecule has 0 saturated carbocycles. The number of nitriles is 1. The molecule has 0 radical (unpaired) electrons. The van der Waals surface area contributed by atoms with Crippen molar-refractivity contribution in [3.05, 3.63) is 59.4 Å². The maximum absolute atomic E-state index is 13.2. The zero-order valence-corrected chi connectivity index (χ0v) is 11.2. The van der Waals surface area contributed by atoms with Crippen molar-refractivity contribution in [2.75, 3.05) is 5.73 Å². The normalized spacial score (nSPS) is 11.0. The molecular formula is C14H11FN2O2S. The lowest BCUT2D eigenvalue weighted by Crippen LogP contribution is -2.09. The zero-order valence-electron chi connectivity index (χ0n) is 10.4. The highest BCUT2D eigenvalue weighted by atomic mass is 32.2. The van der Waals surface area contributed by atoms with Crippen LogP contribution in [0.15, 0.2) is 47.4 Å². The standard InChI is InChI=1S/C14H11FN2O2S/c15-12-5-6-13(17)14(7-12)20(18,19)9-11-4-2-1-3-10(11)8-16/h1-7H,9,17H2. The first-order valence-corrected chi connectivity index (χ1v) is 7.35. The van der Waals surface area contributed by atoms with Crippen LogP contribution in [-0.2, 0) is 15.6 Å². The van der Waals surface area contributed by atoms with Crippen molar-refractivity contribution in [1.29, 1.82) is 5.26 Å². The van der Waals surface area contributed by atoms with Gasteiger partial charge in [0.15, 0.2) is 9.84 Å². The Morgan fingerprint density at radius 1 is 1.20 bits per heavy atom. The molecule has 0 fully saturated rings. The van der Waals surface area contributed by atoms with E-state index in [1.165, 1.54) is 12.1 Å². The van der Waals surface area contributed by atoms with E-state index < -0.39 is 21.4 Å². The van der Waals surface area contributed by atoms with Gasteiger partial charge in [0.2, 0.25) is 0 Å². The van der Waals surface area contributed by atoms with Crippen LogP contribution in [0.2, 0.25) is 0 Å². The van der Waals surface area contributed by atoms with Gasteiger partial charge in [0.1, 0.15) is 5.82 Å². The molecule has 102 valence electrons. The third-order valence-electron chi connectivity index (χ3n) is 2.79. The van der Waals surface area contributed by atoms with E-state index in [4.69, 9.17) is 11.0 Å². The summed E-state index contributed by atoms with van der Waals surface area (Å²) < 4.78 is 37.8. The van der Waals surface area contributed by atoms with E-state index in [0.29, 0.717) is 5.56 Å². The predicted octanol–water partition coefficient (Wildman–Crippen LogP) is 2.25. The first-order valence-electron chi connectivity index (χ1n) is 5.70. The van der Waals surface area contributed by atoms with Gasteiger partial charge in [-0.3, -0.25) is 0 Å². The summed E-state index contributed by atoms with van der Waals surface area (Å²) in [4.78, 5) is -0.259. The van der Waals surface area contributed by atoms with Gasteiger partial charge in [-0.15, -0.1) is 0 Å².